The van der Waals surface area contributed by atoms with E-state index in [1.807, 2.05) is 13.8 Å². The fraction of sp³-hybridized carbons (Fsp3) is 0.444. The quantitative estimate of drug-likeness (QED) is 0.651. The van der Waals surface area contributed by atoms with E-state index >= 15 is 0 Å². The normalized spacial score (nSPS) is 10.8. The van der Waals surface area contributed by atoms with Gasteiger partial charge in [0.15, 0.2) is 0 Å². The van der Waals surface area contributed by atoms with Crippen LogP contribution in [0.5, 0.6) is 5.19 Å². The maximum Gasteiger partial charge on any atom is 0.273 e. The van der Waals surface area contributed by atoms with Crippen LogP contribution in [0.3, 0.4) is 0 Å². The highest BCUT2D eigenvalue weighted by Crippen LogP contribution is 2.30. The number of thiazole rings is 1. The molecule has 0 unspecified atom stereocenters. The standard InChI is InChI=1S/C9H11NOS/c1-5-9(2,3)7-6-10-8(11-4)12-7/h1,6H,2-4H3. The lowest BCUT2D eigenvalue weighted by Gasteiger charge is -2.13. The highest BCUT2D eigenvalue weighted by molar-refractivity contribution is 7.13. The van der Waals surface area contributed by atoms with E-state index in [1.165, 1.54) is 11.3 Å². The maximum atomic E-state index is 5.38. The molecular weight excluding hydrogens is 170 g/mol. The number of terminal acetylenes is 1. The molecule has 0 spiro atoms. The summed E-state index contributed by atoms with van der Waals surface area (Å²) in [6.45, 7) is 3.97. The molecule has 0 aromatic carbocycles. The SMILES string of the molecule is C#CC(C)(C)c1cnc(OC)s1. The second kappa shape index (κ2) is 3.16. The van der Waals surface area contributed by atoms with E-state index in [9.17, 15) is 0 Å². The van der Waals surface area contributed by atoms with Crippen molar-refractivity contribution >= 4 is 11.3 Å². The van der Waals surface area contributed by atoms with Gasteiger partial charge in [0, 0.05) is 11.1 Å². The highest BCUT2D eigenvalue weighted by Gasteiger charge is 2.20. The van der Waals surface area contributed by atoms with Crippen LogP contribution in [0.4, 0.5) is 0 Å². The molecule has 1 aromatic rings. The third kappa shape index (κ3) is 1.59. The van der Waals surface area contributed by atoms with Crippen LogP contribution < -0.4 is 4.74 Å². The molecule has 0 aliphatic heterocycles. The molecule has 3 heteroatoms. The summed E-state index contributed by atoms with van der Waals surface area (Å²) in [5.74, 6) is 2.71. The van der Waals surface area contributed by atoms with Crippen molar-refractivity contribution in [1.82, 2.24) is 4.98 Å². The molecule has 2 nitrogen and oxygen atoms in total. The third-order valence-corrected chi connectivity index (χ3v) is 2.92. The molecule has 0 N–H and O–H groups in total. The maximum absolute atomic E-state index is 5.38. The predicted molar refractivity (Wildman–Crippen MR) is 50.5 cm³/mol. The van der Waals surface area contributed by atoms with Crippen LogP contribution in [-0.4, -0.2) is 12.1 Å². The van der Waals surface area contributed by atoms with Crippen molar-refractivity contribution in [2.45, 2.75) is 19.3 Å². The summed E-state index contributed by atoms with van der Waals surface area (Å²) in [5, 5.41) is 0.660. The van der Waals surface area contributed by atoms with Crippen molar-refractivity contribution in [3.63, 3.8) is 0 Å². The Hall–Kier alpha value is -1.01. The molecule has 0 amide bonds. The summed E-state index contributed by atoms with van der Waals surface area (Å²) in [5.41, 5.74) is -0.242. The van der Waals surface area contributed by atoms with Crippen LogP contribution in [0, 0.1) is 12.3 Å². The lowest BCUT2D eigenvalue weighted by Crippen LogP contribution is -2.11. The van der Waals surface area contributed by atoms with Gasteiger partial charge in [-0.15, -0.1) is 6.42 Å². The summed E-state index contributed by atoms with van der Waals surface area (Å²) in [4.78, 5) is 5.11. The summed E-state index contributed by atoms with van der Waals surface area (Å²) < 4.78 is 4.97. The Morgan fingerprint density at radius 2 is 2.33 bits per heavy atom. The van der Waals surface area contributed by atoms with Gasteiger partial charge >= 0.3 is 0 Å². The molecule has 0 saturated heterocycles. The van der Waals surface area contributed by atoms with Crippen LogP contribution in [-0.2, 0) is 5.41 Å². The van der Waals surface area contributed by atoms with Crippen molar-refractivity contribution in [2.24, 2.45) is 0 Å². The number of nitrogens with zero attached hydrogens (tertiary/aromatic N) is 1. The van der Waals surface area contributed by atoms with E-state index < -0.39 is 0 Å². The Bertz CT molecular complexity index is 309. The van der Waals surface area contributed by atoms with E-state index in [0.717, 1.165) is 4.88 Å². The topological polar surface area (TPSA) is 22.1 Å². The smallest absolute Gasteiger partial charge is 0.273 e. The number of aromatic nitrogens is 1. The van der Waals surface area contributed by atoms with Gasteiger partial charge in [-0.05, 0) is 13.8 Å². The first kappa shape index (κ1) is 9.08. The predicted octanol–water partition coefficient (Wildman–Crippen LogP) is 2.06. The molecule has 0 bridgehead atoms. The molecule has 1 rings (SSSR count). The monoisotopic (exact) mass is 181 g/mol. The zero-order valence-electron chi connectivity index (χ0n) is 7.42. The van der Waals surface area contributed by atoms with E-state index in [2.05, 4.69) is 10.9 Å². The lowest BCUT2D eigenvalue weighted by molar-refractivity contribution is 0.412. The van der Waals surface area contributed by atoms with E-state index in [0.29, 0.717) is 5.19 Å². The summed E-state index contributed by atoms with van der Waals surface area (Å²) in [7, 11) is 1.60. The summed E-state index contributed by atoms with van der Waals surface area (Å²) >= 11 is 1.49. The average molecular weight is 181 g/mol. The van der Waals surface area contributed by atoms with E-state index in [4.69, 9.17) is 11.2 Å². The van der Waals surface area contributed by atoms with Gasteiger partial charge in [0.1, 0.15) is 0 Å². The number of hydrogen-bond acceptors (Lipinski definition) is 3. The Morgan fingerprint density at radius 3 is 2.75 bits per heavy atom. The first-order chi connectivity index (χ1) is 5.60. The zero-order chi connectivity index (χ0) is 9.19. The van der Waals surface area contributed by atoms with Gasteiger partial charge in [-0.2, -0.15) is 0 Å². The highest BCUT2D eigenvalue weighted by atomic mass is 32.1. The van der Waals surface area contributed by atoms with Crippen LogP contribution >= 0.6 is 11.3 Å². The molecule has 0 aliphatic carbocycles. The molecule has 0 atom stereocenters. The molecule has 0 fully saturated rings. The van der Waals surface area contributed by atoms with Crippen molar-refractivity contribution in [2.75, 3.05) is 7.11 Å². The molecule has 64 valence electrons. The lowest BCUT2D eigenvalue weighted by atomic mass is 9.94. The minimum atomic E-state index is -0.242. The Morgan fingerprint density at radius 1 is 1.67 bits per heavy atom. The van der Waals surface area contributed by atoms with Crippen molar-refractivity contribution in [3.8, 4) is 17.5 Å². The minimum absolute atomic E-state index is 0.242. The first-order valence-electron chi connectivity index (χ1n) is 3.58. The second-order valence-electron chi connectivity index (χ2n) is 2.96. The average Bonchev–Trinajstić information content (AvgIpc) is 2.52. The van der Waals surface area contributed by atoms with Gasteiger partial charge in [-0.1, -0.05) is 17.3 Å². The van der Waals surface area contributed by atoms with Crippen molar-refractivity contribution in [3.05, 3.63) is 11.1 Å². The van der Waals surface area contributed by atoms with Gasteiger partial charge in [-0.3, -0.25) is 0 Å². The molecule has 12 heavy (non-hydrogen) atoms. The van der Waals surface area contributed by atoms with E-state index in [-0.39, 0.29) is 5.41 Å². The molecular formula is C9H11NOS. The Kier molecular flexibility index (Phi) is 2.39. The summed E-state index contributed by atoms with van der Waals surface area (Å²) in [6.07, 6.45) is 7.14. The van der Waals surface area contributed by atoms with Crippen LogP contribution in [0.15, 0.2) is 6.20 Å². The Labute approximate surface area is 76.6 Å². The van der Waals surface area contributed by atoms with Crippen LogP contribution in [0.1, 0.15) is 18.7 Å². The number of methoxy groups -OCH3 is 1. The zero-order valence-corrected chi connectivity index (χ0v) is 8.23. The first-order valence-corrected chi connectivity index (χ1v) is 4.40. The third-order valence-electron chi connectivity index (χ3n) is 1.64. The van der Waals surface area contributed by atoms with Crippen LogP contribution in [0.25, 0.3) is 0 Å². The van der Waals surface area contributed by atoms with Gasteiger partial charge in [0.2, 0.25) is 0 Å². The molecule has 0 radical (unpaired) electrons. The van der Waals surface area contributed by atoms with Crippen molar-refractivity contribution in [1.29, 1.82) is 0 Å². The number of hydrogen-bond donors (Lipinski definition) is 0. The van der Waals surface area contributed by atoms with Crippen LogP contribution in [0.2, 0.25) is 0 Å². The number of ether oxygens (including phenoxy) is 1. The molecule has 0 aliphatic rings. The van der Waals surface area contributed by atoms with E-state index in [1.54, 1.807) is 13.3 Å². The molecule has 1 heterocycles. The van der Waals surface area contributed by atoms with Gasteiger partial charge in [0.05, 0.1) is 12.5 Å². The molecule has 1 aromatic heterocycles. The summed E-state index contributed by atoms with van der Waals surface area (Å²) in [6, 6.07) is 0. The minimum Gasteiger partial charge on any atom is -0.473 e. The fourth-order valence-corrected chi connectivity index (χ4v) is 1.51. The molecule has 0 saturated carbocycles. The van der Waals surface area contributed by atoms with Gasteiger partial charge in [0.25, 0.3) is 5.19 Å². The number of rotatable bonds is 2. The second-order valence-corrected chi connectivity index (χ2v) is 3.96. The van der Waals surface area contributed by atoms with Gasteiger partial charge in [-0.25, -0.2) is 4.98 Å². The van der Waals surface area contributed by atoms with Crippen molar-refractivity contribution < 1.29 is 4.74 Å². The largest absolute Gasteiger partial charge is 0.473 e. The fourth-order valence-electron chi connectivity index (χ4n) is 0.713. The van der Waals surface area contributed by atoms with Gasteiger partial charge < -0.3 is 4.74 Å². The Balaban J connectivity index is 2.98.